The van der Waals surface area contributed by atoms with Crippen LogP contribution in [0.15, 0.2) is 24.7 Å². The van der Waals surface area contributed by atoms with Crippen molar-refractivity contribution in [1.29, 1.82) is 0 Å². The van der Waals surface area contributed by atoms with Crippen molar-refractivity contribution >= 4 is 29.0 Å². The number of hydrogen-bond acceptors (Lipinski definition) is 7. The second kappa shape index (κ2) is 8.80. The van der Waals surface area contributed by atoms with Gasteiger partial charge in [0.05, 0.1) is 42.6 Å². The lowest BCUT2D eigenvalue weighted by Crippen LogP contribution is -2.37. The summed E-state index contributed by atoms with van der Waals surface area (Å²) in [6.45, 7) is 1.37. The van der Waals surface area contributed by atoms with E-state index < -0.39 is 29.9 Å². The lowest BCUT2D eigenvalue weighted by Gasteiger charge is -2.27. The maximum Gasteiger partial charge on any atom is 0.306 e. The van der Waals surface area contributed by atoms with Crippen LogP contribution in [0.4, 0.5) is 20.3 Å². The van der Waals surface area contributed by atoms with Gasteiger partial charge >= 0.3 is 5.97 Å². The van der Waals surface area contributed by atoms with E-state index in [2.05, 4.69) is 25.4 Å². The molecule has 3 aromatic heterocycles. The topological polar surface area (TPSA) is 127 Å². The lowest BCUT2D eigenvalue weighted by molar-refractivity contribution is -0.143. The van der Waals surface area contributed by atoms with Crippen molar-refractivity contribution in [2.75, 3.05) is 23.4 Å². The van der Waals surface area contributed by atoms with Gasteiger partial charge in [0.25, 0.3) is 12.3 Å². The van der Waals surface area contributed by atoms with Gasteiger partial charge in [-0.15, -0.1) is 0 Å². The summed E-state index contributed by atoms with van der Waals surface area (Å²) >= 11 is 0. The van der Waals surface area contributed by atoms with E-state index >= 15 is 0 Å². The molecule has 2 aliphatic heterocycles. The summed E-state index contributed by atoms with van der Waals surface area (Å²) in [5.41, 5.74) is -0.124. The van der Waals surface area contributed by atoms with Crippen LogP contribution in [0.2, 0.25) is 0 Å². The summed E-state index contributed by atoms with van der Waals surface area (Å²) in [5.74, 6) is -1.17. The molecule has 1 aliphatic carbocycles. The van der Waals surface area contributed by atoms with Crippen LogP contribution in [-0.4, -0.2) is 66.7 Å². The van der Waals surface area contributed by atoms with E-state index in [0.717, 1.165) is 13.0 Å². The maximum atomic E-state index is 13.8. The van der Waals surface area contributed by atoms with E-state index in [1.807, 2.05) is 6.07 Å². The number of alkyl halides is 2. The van der Waals surface area contributed by atoms with Gasteiger partial charge in [-0.05, 0) is 38.2 Å². The number of amides is 1. The Morgan fingerprint density at radius 2 is 2.00 bits per heavy atom. The number of carboxylic acids is 1. The second-order valence-corrected chi connectivity index (χ2v) is 9.62. The number of ether oxygens (including phenoxy) is 1. The molecule has 2 atom stereocenters. The minimum atomic E-state index is -2.89. The van der Waals surface area contributed by atoms with E-state index in [0.29, 0.717) is 43.8 Å². The number of nitrogens with zero attached hydrogens (tertiary/aromatic N) is 6. The molecule has 3 aromatic rings. The lowest BCUT2D eigenvalue weighted by atomic mass is 9.86. The second-order valence-electron chi connectivity index (χ2n) is 9.62. The number of rotatable bonds is 6. The standard InChI is InChI=1S/C23H25F2N7O4/c24-20(25)19-17(10-32(29-19)13-3-1-12(2-4-13)23(34)35)27-22(33)16-8-26-31-6-5-18(28-21(16)31)30-9-15-7-14(30)11-36-15/h5-6,8,10,12-15,20H,1-4,7,9,11H2,(H,27,33)(H,34,35)/t12?,13?,14-,15-/m1/s1. The summed E-state index contributed by atoms with van der Waals surface area (Å²) in [6, 6.07) is 1.88. The van der Waals surface area contributed by atoms with Gasteiger partial charge in [0.1, 0.15) is 11.4 Å². The van der Waals surface area contributed by atoms with Crippen LogP contribution in [-0.2, 0) is 9.53 Å². The molecule has 11 nitrogen and oxygen atoms in total. The molecule has 36 heavy (non-hydrogen) atoms. The molecule has 5 heterocycles. The molecule has 3 aliphatic rings. The fraction of sp³-hybridized carbons (Fsp3) is 0.522. The zero-order valence-corrected chi connectivity index (χ0v) is 19.3. The number of carbonyl (C=O) groups excluding carboxylic acids is 1. The highest BCUT2D eigenvalue weighted by molar-refractivity contribution is 6.08. The summed E-state index contributed by atoms with van der Waals surface area (Å²) in [6.07, 6.45) is 4.64. The summed E-state index contributed by atoms with van der Waals surface area (Å²) in [5, 5.41) is 20.0. The summed E-state index contributed by atoms with van der Waals surface area (Å²) < 4.78 is 36.1. The van der Waals surface area contributed by atoms with Gasteiger partial charge in [0.2, 0.25) is 0 Å². The van der Waals surface area contributed by atoms with Crippen LogP contribution >= 0.6 is 0 Å². The monoisotopic (exact) mass is 501 g/mol. The molecule has 2 bridgehead atoms. The van der Waals surface area contributed by atoms with Crippen LogP contribution in [0.25, 0.3) is 5.65 Å². The number of aromatic nitrogens is 5. The van der Waals surface area contributed by atoms with Gasteiger partial charge in [-0.3, -0.25) is 14.3 Å². The predicted octanol–water partition coefficient (Wildman–Crippen LogP) is 2.91. The average molecular weight is 501 g/mol. The number of aliphatic carboxylic acids is 1. The van der Waals surface area contributed by atoms with Gasteiger partial charge in [0.15, 0.2) is 11.3 Å². The number of carbonyl (C=O) groups is 2. The number of anilines is 2. The quantitative estimate of drug-likeness (QED) is 0.528. The third-order valence-electron chi connectivity index (χ3n) is 7.43. The normalized spacial score (nSPS) is 25.7. The molecule has 13 heteroatoms. The Morgan fingerprint density at radius 1 is 1.19 bits per heavy atom. The van der Waals surface area contributed by atoms with E-state index in [1.54, 1.807) is 6.20 Å². The SMILES string of the molecule is O=C(Nc1cn(C2CCC(C(=O)O)CC2)nc1C(F)F)c1cnn2ccc(N3C[C@H]4C[C@@H]3CO4)nc12. The van der Waals surface area contributed by atoms with Gasteiger partial charge in [-0.25, -0.2) is 18.3 Å². The third kappa shape index (κ3) is 3.96. The van der Waals surface area contributed by atoms with Crippen molar-refractivity contribution < 1.29 is 28.2 Å². The highest BCUT2D eigenvalue weighted by Gasteiger charge is 2.39. The van der Waals surface area contributed by atoms with Gasteiger partial charge in [-0.2, -0.15) is 10.2 Å². The van der Waals surface area contributed by atoms with Crippen LogP contribution in [0.1, 0.15) is 60.6 Å². The average Bonchev–Trinajstić information content (AvgIpc) is 3.66. The molecule has 6 rings (SSSR count). The first-order valence-corrected chi connectivity index (χ1v) is 12.0. The number of halogens is 2. The van der Waals surface area contributed by atoms with Crippen LogP contribution in [0.3, 0.4) is 0 Å². The number of fused-ring (bicyclic) bond motifs is 3. The van der Waals surface area contributed by atoms with Gasteiger partial charge in [0, 0.05) is 18.9 Å². The van der Waals surface area contributed by atoms with Crippen molar-refractivity contribution in [1.82, 2.24) is 24.4 Å². The predicted molar refractivity (Wildman–Crippen MR) is 122 cm³/mol. The Hall–Kier alpha value is -3.61. The van der Waals surface area contributed by atoms with Crippen LogP contribution in [0, 0.1) is 5.92 Å². The molecule has 2 saturated heterocycles. The first-order chi connectivity index (χ1) is 17.4. The zero-order chi connectivity index (χ0) is 25.0. The van der Waals surface area contributed by atoms with E-state index in [9.17, 15) is 23.5 Å². The number of nitrogens with one attached hydrogen (secondary N) is 1. The van der Waals surface area contributed by atoms with Crippen LogP contribution < -0.4 is 10.2 Å². The number of carboxylic acid groups (broad SMARTS) is 1. The van der Waals surface area contributed by atoms with Crippen molar-refractivity contribution in [3.8, 4) is 0 Å². The van der Waals surface area contributed by atoms with E-state index in [1.165, 1.54) is 21.6 Å². The molecule has 2 N–H and O–H groups in total. The van der Waals surface area contributed by atoms with Gasteiger partial charge < -0.3 is 20.1 Å². The number of hydrogen-bond donors (Lipinski definition) is 2. The Balaban J connectivity index is 1.23. The molecular weight excluding hydrogens is 476 g/mol. The van der Waals surface area contributed by atoms with Crippen LogP contribution in [0.5, 0.6) is 0 Å². The third-order valence-corrected chi connectivity index (χ3v) is 7.43. The molecule has 0 spiro atoms. The molecule has 1 saturated carbocycles. The van der Waals surface area contributed by atoms with Gasteiger partial charge in [-0.1, -0.05) is 0 Å². The zero-order valence-electron chi connectivity index (χ0n) is 19.3. The summed E-state index contributed by atoms with van der Waals surface area (Å²) in [7, 11) is 0. The molecule has 0 aromatic carbocycles. The molecule has 3 fully saturated rings. The Kier molecular flexibility index (Phi) is 5.58. The van der Waals surface area contributed by atoms with Crippen molar-refractivity contribution in [2.24, 2.45) is 5.92 Å². The first kappa shape index (κ1) is 22.8. The summed E-state index contributed by atoms with van der Waals surface area (Å²) in [4.78, 5) is 31.2. The molecule has 1 amide bonds. The highest BCUT2D eigenvalue weighted by atomic mass is 19.3. The van der Waals surface area contributed by atoms with Crippen molar-refractivity contribution in [3.63, 3.8) is 0 Å². The number of morpholine rings is 1. The fourth-order valence-electron chi connectivity index (χ4n) is 5.49. The maximum absolute atomic E-state index is 13.8. The molecule has 0 unspecified atom stereocenters. The smallest absolute Gasteiger partial charge is 0.306 e. The molecular formula is C23H25F2N7O4. The Bertz CT molecular complexity index is 1320. The minimum absolute atomic E-state index is 0.0835. The molecule has 190 valence electrons. The fourth-order valence-corrected chi connectivity index (χ4v) is 5.49. The Labute approximate surface area is 204 Å². The minimum Gasteiger partial charge on any atom is -0.481 e. The van der Waals surface area contributed by atoms with E-state index in [4.69, 9.17) is 4.74 Å². The van der Waals surface area contributed by atoms with Crippen molar-refractivity contribution in [2.45, 2.75) is 56.7 Å². The first-order valence-electron chi connectivity index (χ1n) is 12.0. The molecule has 0 radical (unpaired) electrons. The largest absolute Gasteiger partial charge is 0.481 e. The Morgan fingerprint density at radius 3 is 2.67 bits per heavy atom. The van der Waals surface area contributed by atoms with Crippen molar-refractivity contribution in [3.05, 3.63) is 35.9 Å². The highest BCUT2D eigenvalue weighted by Crippen LogP contribution is 2.35. The van der Waals surface area contributed by atoms with E-state index in [-0.39, 0.29) is 29.4 Å².